The highest BCUT2D eigenvalue weighted by atomic mass is 16.2. The van der Waals surface area contributed by atoms with Crippen LogP contribution in [-0.4, -0.2) is 44.3 Å². The van der Waals surface area contributed by atoms with Crippen molar-refractivity contribution in [2.45, 2.75) is 25.8 Å². The van der Waals surface area contributed by atoms with Crippen molar-refractivity contribution >= 4 is 11.7 Å². The Morgan fingerprint density at radius 2 is 2.40 bits per heavy atom. The number of rotatable bonds is 2. The van der Waals surface area contributed by atoms with Gasteiger partial charge in [0, 0.05) is 37.7 Å². The Balaban J connectivity index is 1.90. The molecule has 106 valence electrons. The van der Waals surface area contributed by atoms with Gasteiger partial charge in [0.2, 0.25) is 5.78 Å². The number of nitrogens with two attached hydrogens (primary N) is 1. The summed E-state index contributed by atoms with van der Waals surface area (Å²) in [5.74, 6) is 0.940. The average molecular weight is 273 g/mol. The summed E-state index contributed by atoms with van der Waals surface area (Å²) in [5.41, 5.74) is 6.28. The lowest BCUT2D eigenvalue weighted by atomic mass is 9.90. The van der Waals surface area contributed by atoms with E-state index in [0.29, 0.717) is 23.9 Å². The zero-order chi connectivity index (χ0) is 14.1. The Labute approximate surface area is 117 Å². The molecule has 6 nitrogen and oxygen atoms in total. The minimum absolute atomic E-state index is 0.0440. The Kier molecular flexibility index (Phi) is 3.40. The summed E-state index contributed by atoms with van der Waals surface area (Å²) in [6.07, 6.45) is 7.39. The van der Waals surface area contributed by atoms with Crippen LogP contribution in [0.2, 0.25) is 0 Å². The van der Waals surface area contributed by atoms with Crippen LogP contribution >= 0.6 is 0 Å². The van der Waals surface area contributed by atoms with Crippen LogP contribution in [0, 0.1) is 5.92 Å². The number of imidazole rings is 1. The molecule has 2 N–H and O–H groups in total. The molecule has 2 aromatic rings. The van der Waals surface area contributed by atoms with Gasteiger partial charge in [-0.1, -0.05) is 6.92 Å². The molecule has 2 atom stereocenters. The van der Waals surface area contributed by atoms with Gasteiger partial charge in [-0.2, -0.15) is 0 Å². The molecule has 20 heavy (non-hydrogen) atoms. The van der Waals surface area contributed by atoms with E-state index < -0.39 is 0 Å². The summed E-state index contributed by atoms with van der Waals surface area (Å²) in [5, 5.41) is 0. The van der Waals surface area contributed by atoms with Gasteiger partial charge in [0.05, 0.1) is 0 Å². The number of carbonyl (C=O) groups is 1. The molecule has 3 heterocycles. The third-order valence-corrected chi connectivity index (χ3v) is 4.07. The highest BCUT2D eigenvalue weighted by molar-refractivity contribution is 5.93. The number of amides is 1. The van der Waals surface area contributed by atoms with Crippen LogP contribution in [-0.2, 0) is 0 Å². The third kappa shape index (κ3) is 2.16. The number of hydrogen-bond donors (Lipinski definition) is 1. The second-order valence-electron chi connectivity index (χ2n) is 5.37. The first-order chi connectivity index (χ1) is 9.70. The lowest BCUT2D eigenvalue weighted by Crippen LogP contribution is -2.51. The minimum Gasteiger partial charge on any atom is -0.333 e. The molecule has 6 heteroatoms. The van der Waals surface area contributed by atoms with Gasteiger partial charge in [0.15, 0.2) is 0 Å². The Hall–Kier alpha value is -1.95. The Morgan fingerprint density at radius 3 is 3.15 bits per heavy atom. The van der Waals surface area contributed by atoms with Crippen molar-refractivity contribution in [1.29, 1.82) is 0 Å². The van der Waals surface area contributed by atoms with Gasteiger partial charge in [-0.25, -0.2) is 9.97 Å². The van der Waals surface area contributed by atoms with Gasteiger partial charge in [-0.15, -0.1) is 0 Å². The number of aromatic nitrogens is 3. The summed E-state index contributed by atoms with van der Waals surface area (Å²) < 4.78 is 1.76. The SMILES string of the molecule is C[C@@H]1CCCN(C(=O)c2cn3cccnc3n2)[C@@H]1CN. The first-order valence-electron chi connectivity index (χ1n) is 7.01. The van der Waals surface area contributed by atoms with Gasteiger partial charge in [-0.3, -0.25) is 9.20 Å². The van der Waals surface area contributed by atoms with E-state index in [0.717, 1.165) is 19.4 Å². The second-order valence-corrected chi connectivity index (χ2v) is 5.37. The van der Waals surface area contributed by atoms with Gasteiger partial charge in [0.25, 0.3) is 5.91 Å². The fourth-order valence-electron chi connectivity index (χ4n) is 2.94. The smallest absolute Gasteiger partial charge is 0.274 e. The molecular formula is C14H19N5O. The second kappa shape index (κ2) is 5.20. The van der Waals surface area contributed by atoms with E-state index >= 15 is 0 Å². The van der Waals surface area contributed by atoms with E-state index in [1.54, 1.807) is 16.8 Å². The number of likely N-dealkylation sites (tertiary alicyclic amines) is 1. The molecule has 1 aliphatic heterocycles. The molecule has 1 amide bonds. The molecule has 0 aliphatic carbocycles. The highest BCUT2D eigenvalue weighted by Crippen LogP contribution is 2.24. The molecular weight excluding hydrogens is 254 g/mol. The molecule has 0 radical (unpaired) electrons. The first kappa shape index (κ1) is 13.1. The van der Waals surface area contributed by atoms with Crippen molar-refractivity contribution in [2.75, 3.05) is 13.1 Å². The standard InChI is InChI=1S/C14H19N5O/c1-10-4-2-7-19(12(10)8-15)13(20)11-9-18-6-3-5-16-14(18)17-11/h3,5-6,9-10,12H,2,4,7-8,15H2,1H3/t10-,12-/m1/s1. The predicted molar refractivity (Wildman–Crippen MR) is 75.3 cm³/mol. The van der Waals surface area contributed by atoms with Crippen LogP contribution in [0.15, 0.2) is 24.7 Å². The summed E-state index contributed by atoms with van der Waals surface area (Å²) in [4.78, 5) is 23.0. The van der Waals surface area contributed by atoms with E-state index in [4.69, 9.17) is 5.73 Å². The van der Waals surface area contributed by atoms with Crippen molar-refractivity contribution in [3.8, 4) is 0 Å². The van der Waals surface area contributed by atoms with Crippen molar-refractivity contribution in [1.82, 2.24) is 19.3 Å². The van der Waals surface area contributed by atoms with Crippen molar-refractivity contribution < 1.29 is 4.79 Å². The fourth-order valence-corrected chi connectivity index (χ4v) is 2.94. The average Bonchev–Trinajstić information content (AvgIpc) is 2.90. The normalized spacial score (nSPS) is 23.2. The van der Waals surface area contributed by atoms with Gasteiger partial charge in [0.1, 0.15) is 5.69 Å². The molecule has 1 fully saturated rings. The van der Waals surface area contributed by atoms with Crippen LogP contribution < -0.4 is 5.73 Å². The molecule has 1 aliphatic rings. The Morgan fingerprint density at radius 1 is 1.55 bits per heavy atom. The molecule has 1 saturated heterocycles. The molecule has 0 aromatic carbocycles. The molecule has 0 spiro atoms. The van der Waals surface area contributed by atoms with Gasteiger partial charge < -0.3 is 10.6 Å². The maximum Gasteiger partial charge on any atom is 0.274 e. The highest BCUT2D eigenvalue weighted by Gasteiger charge is 2.32. The monoisotopic (exact) mass is 273 g/mol. The van der Waals surface area contributed by atoms with Crippen LogP contribution in [0.25, 0.3) is 5.78 Å². The zero-order valence-electron chi connectivity index (χ0n) is 11.6. The Bertz CT molecular complexity index is 590. The summed E-state index contributed by atoms with van der Waals surface area (Å²) in [6, 6.07) is 1.92. The summed E-state index contributed by atoms with van der Waals surface area (Å²) >= 11 is 0. The van der Waals surface area contributed by atoms with E-state index in [9.17, 15) is 4.79 Å². The largest absolute Gasteiger partial charge is 0.333 e. The lowest BCUT2D eigenvalue weighted by Gasteiger charge is -2.39. The zero-order valence-corrected chi connectivity index (χ0v) is 11.6. The topological polar surface area (TPSA) is 76.5 Å². The summed E-state index contributed by atoms with van der Waals surface area (Å²) in [7, 11) is 0. The quantitative estimate of drug-likeness (QED) is 0.883. The minimum atomic E-state index is -0.0440. The maximum atomic E-state index is 12.7. The number of nitrogens with zero attached hydrogens (tertiary/aromatic N) is 4. The van der Waals surface area contributed by atoms with Crippen LogP contribution in [0.5, 0.6) is 0 Å². The maximum absolute atomic E-state index is 12.7. The van der Waals surface area contributed by atoms with Crippen molar-refractivity contribution in [3.63, 3.8) is 0 Å². The third-order valence-electron chi connectivity index (χ3n) is 4.07. The van der Waals surface area contributed by atoms with E-state index in [-0.39, 0.29) is 11.9 Å². The molecule has 0 unspecified atom stereocenters. The fraction of sp³-hybridized carbons (Fsp3) is 0.500. The van der Waals surface area contributed by atoms with Crippen LogP contribution in [0.4, 0.5) is 0 Å². The van der Waals surface area contributed by atoms with Crippen molar-refractivity contribution in [3.05, 3.63) is 30.4 Å². The molecule has 3 rings (SSSR count). The summed E-state index contributed by atoms with van der Waals surface area (Å²) in [6.45, 7) is 3.41. The van der Waals surface area contributed by atoms with Crippen LogP contribution in [0.3, 0.4) is 0 Å². The molecule has 2 aromatic heterocycles. The number of fused-ring (bicyclic) bond motifs is 1. The number of carbonyl (C=O) groups excluding carboxylic acids is 1. The van der Waals surface area contributed by atoms with E-state index in [1.165, 1.54) is 0 Å². The molecule has 0 bridgehead atoms. The predicted octanol–water partition coefficient (Wildman–Crippen LogP) is 0.929. The number of hydrogen-bond acceptors (Lipinski definition) is 4. The van der Waals surface area contributed by atoms with E-state index in [2.05, 4.69) is 16.9 Å². The number of piperidine rings is 1. The van der Waals surface area contributed by atoms with Gasteiger partial charge >= 0.3 is 0 Å². The molecule has 0 saturated carbocycles. The first-order valence-corrected chi connectivity index (χ1v) is 7.01. The van der Waals surface area contributed by atoms with Crippen LogP contribution in [0.1, 0.15) is 30.3 Å². The van der Waals surface area contributed by atoms with Crippen molar-refractivity contribution in [2.24, 2.45) is 11.7 Å². The van der Waals surface area contributed by atoms with Gasteiger partial charge in [-0.05, 0) is 24.8 Å². The lowest BCUT2D eigenvalue weighted by molar-refractivity contribution is 0.0527. The van der Waals surface area contributed by atoms with E-state index in [1.807, 2.05) is 17.2 Å².